The molecule has 1 aliphatic heterocycles. The molecule has 2 aliphatic rings. The standard InChI is InChI=1S/C15H17Cl2NO2/c16-13-4-3-11(7-14(13)17)15(19)18-6-5-12(8-18)20-9-10-1-2-10/h3-4,7,10,12H,1-2,5-6,8-9H2/t12-/m1/s1. The summed E-state index contributed by atoms with van der Waals surface area (Å²) < 4.78 is 5.84. The number of rotatable bonds is 4. The molecule has 20 heavy (non-hydrogen) atoms. The van der Waals surface area contributed by atoms with Crippen LogP contribution in [0.3, 0.4) is 0 Å². The Morgan fingerprint density at radius 1 is 1.25 bits per heavy atom. The molecule has 2 fully saturated rings. The van der Waals surface area contributed by atoms with Gasteiger partial charge in [0.15, 0.2) is 0 Å². The maximum atomic E-state index is 12.4. The van der Waals surface area contributed by atoms with E-state index in [4.69, 9.17) is 27.9 Å². The van der Waals surface area contributed by atoms with E-state index in [9.17, 15) is 4.79 Å². The predicted octanol–water partition coefficient (Wildman–Crippen LogP) is 3.63. The van der Waals surface area contributed by atoms with Crippen LogP contribution in [0.4, 0.5) is 0 Å². The molecule has 0 unspecified atom stereocenters. The van der Waals surface area contributed by atoms with Gasteiger partial charge in [0.25, 0.3) is 5.91 Å². The highest BCUT2D eigenvalue weighted by Gasteiger charge is 2.30. The molecule has 1 aromatic rings. The number of likely N-dealkylation sites (tertiary alicyclic amines) is 1. The normalized spacial score (nSPS) is 22.3. The fourth-order valence-corrected chi connectivity index (χ4v) is 2.72. The van der Waals surface area contributed by atoms with Gasteiger partial charge in [0.05, 0.1) is 16.1 Å². The Balaban J connectivity index is 1.58. The second kappa shape index (κ2) is 5.92. The van der Waals surface area contributed by atoms with Crippen LogP contribution in [-0.2, 0) is 4.74 Å². The average Bonchev–Trinajstić information content (AvgIpc) is 3.16. The molecule has 1 atom stereocenters. The van der Waals surface area contributed by atoms with E-state index in [1.807, 2.05) is 4.90 Å². The van der Waals surface area contributed by atoms with Crippen molar-refractivity contribution in [3.05, 3.63) is 33.8 Å². The summed E-state index contributed by atoms with van der Waals surface area (Å²) >= 11 is 11.8. The van der Waals surface area contributed by atoms with Crippen LogP contribution in [0.15, 0.2) is 18.2 Å². The molecule has 1 amide bonds. The first-order valence-electron chi connectivity index (χ1n) is 6.99. The highest BCUT2D eigenvalue weighted by atomic mass is 35.5. The Kier molecular flexibility index (Phi) is 4.20. The van der Waals surface area contributed by atoms with Crippen LogP contribution in [0.2, 0.25) is 10.0 Å². The Hall–Kier alpha value is -0.770. The van der Waals surface area contributed by atoms with Gasteiger partial charge < -0.3 is 9.64 Å². The third-order valence-corrected chi connectivity index (χ3v) is 4.60. The molecule has 3 nitrogen and oxygen atoms in total. The van der Waals surface area contributed by atoms with Crippen molar-refractivity contribution >= 4 is 29.1 Å². The molecular formula is C15H17Cl2NO2. The van der Waals surface area contributed by atoms with E-state index in [0.29, 0.717) is 22.2 Å². The molecule has 1 aliphatic carbocycles. The number of halogens is 2. The van der Waals surface area contributed by atoms with Gasteiger partial charge in [-0.15, -0.1) is 0 Å². The minimum atomic E-state index is 0.00101. The van der Waals surface area contributed by atoms with Gasteiger partial charge in [-0.05, 0) is 43.4 Å². The molecule has 1 saturated heterocycles. The maximum absolute atomic E-state index is 12.4. The van der Waals surface area contributed by atoms with Gasteiger partial charge in [-0.3, -0.25) is 4.79 Å². The maximum Gasteiger partial charge on any atom is 0.253 e. The molecule has 0 N–H and O–H groups in total. The Bertz CT molecular complexity index is 517. The summed E-state index contributed by atoms with van der Waals surface area (Å²) in [6.45, 7) is 2.26. The van der Waals surface area contributed by atoms with Gasteiger partial charge >= 0.3 is 0 Å². The fourth-order valence-electron chi connectivity index (χ4n) is 2.42. The van der Waals surface area contributed by atoms with Crippen molar-refractivity contribution in [3.8, 4) is 0 Å². The minimum absolute atomic E-state index is 0.00101. The van der Waals surface area contributed by atoms with Crippen molar-refractivity contribution in [1.82, 2.24) is 4.90 Å². The molecule has 3 rings (SSSR count). The van der Waals surface area contributed by atoms with Gasteiger partial charge in [0, 0.05) is 25.3 Å². The lowest BCUT2D eigenvalue weighted by Crippen LogP contribution is -2.30. The molecule has 0 spiro atoms. The summed E-state index contributed by atoms with van der Waals surface area (Å²) in [6, 6.07) is 5.01. The van der Waals surface area contributed by atoms with Gasteiger partial charge in [-0.1, -0.05) is 23.2 Å². The molecule has 108 valence electrons. The number of hydrogen-bond acceptors (Lipinski definition) is 2. The lowest BCUT2D eigenvalue weighted by atomic mass is 10.2. The zero-order valence-electron chi connectivity index (χ0n) is 11.1. The topological polar surface area (TPSA) is 29.5 Å². The lowest BCUT2D eigenvalue weighted by molar-refractivity contribution is 0.0480. The largest absolute Gasteiger partial charge is 0.376 e. The SMILES string of the molecule is O=C(c1ccc(Cl)c(Cl)c1)N1CC[C@@H](OCC2CC2)C1. The average molecular weight is 314 g/mol. The number of benzene rings is 1. The summed E-state index contributed by atoms with van der Waals surface area (Å²) in [5, 5.41) is 0.883. The minimum Gasteiger partial charge on any atom is -0.376 e. The van der Waals surface area contributed by atoms with E-state index in [1.165, 1.54) is 12.8 Å². The van der Waals surface area contributed by atoms with E-state index in [2.05, 4.69) is 0 Å². The smallest absolute Gasteiger partial charge is 0.253 e. The molecule has 0 aromatic heterocycles. The van der Waals surface area contributed by atoms with Crippen LogP contribution < -0.4 is 0 Å². The third-order valence-electron chi connectivity index (χ3n) is 3.86. The lowest BCUT2D eigenvalue weighted by Gasteiger charge is -2.17. The summed E-state index contributed by atoms with van der Waals surface area (Å²) in [6.07, 6.45) is 3.68. The van der Waals surface area contributed by atoms with Crippen LogP contribution in [0.1, 0.15) is 29.6 Å². The first kappa shape index (κ1) is 14.2. The summed E-state index contributed by atoms with van der Waals surface area (Å²) in [4.78, 5) is 14.2. The first-order chi connectivity index (χ1) is 9.63. The molecule has 0 bridgehead atoms. The van der Waals surface area contributed by atoms with Crippen LogP contribution in [0, 0.1) is 5.92 Å². The first-order valence-corrected chi connectivity index (χ1v) is 7.75. The molecule has 1 heterocycles. The van der Waals surface area contributed by atoms with Crippen LogP contribution >= 0.6 is 23.2 Å². The second-order valence-electron chi connectivity index (χ2n) is 5.57. The number of nitrogens with zero attached hydrogens (tertiary/aromatic N) is 1. The second-order valence-corrected chi connectivity index (χ2v) is 6.38. The zero-order chi connectivity index (χ0) is 14.1. The van der Waals surface area contributed by atoms with Crippen LogP contribution in [0.25, 0.3) is 0 Å². The van der Waals surface area contributed by atoms with Crippen molar-refractivity contribution in [2.45, 2.75) is 25.4 Å². The van der Waals surface area contributed by atoms with Crippen molar-refractivity contribution in [2.75, 3.05) is 19.7 Å². The van der Waals surface area contributed by atoms with Crippen LogP contribution in [0.5, 0.6) is 0 Å². The summed E-state index contributed by atoms with van der Waals surface area (Å²) in [5.74, 6) is 0.760. The predicted molar refractivity (Wildman–Crippen MR) is 79.4 cm³/mol. The van der Waals surface area contributed by atoms with E-state index in [1.54, 1.807) is 18.2 Å². The molecule has 0 radical (unpaired) electrons. The van der Waals surface area contributed by atoms with Crippen molar-refractivity contribution in [1.29, 1.82) is 0 Å². The number of ether oxygens (including phenoxy) is 1. The highest BCUT2D eigenvalue weighted by molar-refractivity contribution is 6.42. The summed E-state index contributed by atoms with van der Waals surface area (Å²) in [7, 11) is 0. The van der Waals surface area contributed by atoms with Gasteiger partial charge in [-0.25, -0.2) is 0 Å². The quantitative estimate of drug-likeness (QED) is 0.849. The summed E-state index contributed by atoms with van der Waals surface area (Å²) in [5.41, 5.74) is 0.585. The van der Waals surface area contributed by atoms with E-state index < -0.39 is 0 Å². The number of amides is 1. The van der Waals surface area contributed by atoms with Crippen molar-refractivity contribution in [3.63, 3.8) is 0 Å². The molecule has 1 aromatic carbocycles. The fraction of sp³-hybridized carbons (Fsp3) is 0.533. The van der Waals surface area contributed by atoms with Crippen molar-refractivity contribution in [2.24, 2.45) is 5.92 Å². The Morgan fingerprint density at radius 2 is 2.05 bits per heavy atom. The molecular weight excluding hydrogens is 297 g/mol. The van der Waals surface area contributed by atoms with Crippen molar-refractivity contribution < 1.29 is 9.53 Å². The zero-order valence-corrected chi connectivity index (χ0v) is 12.7. The van der Waals surface area contributed by atoms with E-state index in [-0.39, 0.29) is 12.0 Å². The third kappa shape index (κ3) is 3.27. The van der Waals surface area contributed by atoms with Crippen LogP contribution in [-0.4, -0.2) is 36.6 Å². The van der Waals surface area contributed by atoms with E-state index in [0.717, 1.165) is 25.5 Å². The van der Waals surface area contributed by atoms with Gasteiger partial charge in [-0.2, -0.15) is 0 Å². The molecule has 5 heteroatoms. The Labute approximate surface area is 128 Å². The Morgan fingerprint density at radius 3 is 2.75 bits per heavy atom. The van der Waals surface area contributed by atoms with E-state index >= 15 is 0 Å². The van der Waals surface area contributed by atoms with Gasteiger partial charge in [0.2, 0.25) is 0 Å². The number of hydrogen-bond donors (Lipinski definition) is 0. The monoisotopic (exact) mass is 313 g/mol. The molecule has 1 saturated carbocycles. The van der Waals surface area contributed by atoms with Gasteiger partial charge in [0.1, 0.15) is 0 Å². The number of carbonyl (C=O) groups is 1. The number of carbonyl (C=O) groups excluding carboxylic acids is 1. The highest BCUT2D eigenvalue weighted by Crippen LogP contribution is 2.30.